The van der Waals surface area contributed by atoms with Crippen molar-refractivity contribution in [2.45, 2.75) is 51.2 Å². The Morgan fingerprint density at radius 2 is 1.75 bits per heavy atom. The van der Waals surface area contributed by atoms with Crippen LogP contribution in [0.15, 0.2) is 66.7 Å². The van der Waals surface area contributed by atoms with Crippen molar-refractivity contribution >= 4 is 5.97 Å². The van der Waals surface area contributed by atoms with Gasteiger partial charge in [-0.15, -0.1) is 0 Å². The molecule has 28 heavy (non-hydrogen) atoms. The number of carbonyl (C=O) groups is 1. The maximum absolute atomic E-state index is 12.8. The van der Waals surface area contributed by atoms with Crippen molar-refractivity contribution in [3.63, 3.8) is 0 Å². The van der Waals surface area contributed by atoms with Crippen LogP contribution >= 0.6 is 0 Å². The van der Waals surface area contributed by atoms with E-state index in [9.17, 15) is 4.79 Å². The molecule has 2 aliphatic rings. The summed E-state index contributed by atoms with van der Waals surface area (Å²) in [6, 6.07) is 17.9. The van der Waals surface area contributed by atoms with Crippen LogP contribution in [-0.2, 0) is 9.53 Å². The first kappa shape index (κ1) is 18.8. The van der Waals surface area contributed by atoms with Gasteiger partial charge < -0.3 is 9.47 Å². The second kappa shape index (κ2) is 8.22. The van der Waals surface area contributed by atoms with Crippen molar-refractivity contribution in [1.29, 1.82) is 0 Å². The van der Waals surface area contributed by atoms with E-state index in [-0.39, 0.29) is 12.1 Å². The van der Waals surface area contributed by atoms with Crippen LogP contribution in [0.3, 0.4) is 0 Å². The molecule has 0 aromatic heterocycles. The predicted molar refractivity (Wildman–Crippen MR) is 111 cm³/mol. The molecule has 146 valence electrons. The van der Waals surface area contributed by atoms with E-state index in [2.05, 4.69) is 6.58 Å². The van der Waals surface area contributed by atoms with Crippen LogP contribution in [0.2, 0.25) is 0 Å². The van der Waals surface area contributed by atoms with Gasteiger partial charge in [-0.05, 0) is 37.3 Å². The lowest BCUT2D eigenvalue weighted by molar-refractivity contribution is -0.159. The zero-order valence-corrected chi connectivity index (χ0v) is 16.5. The molecule has 0 bridgehead atoms. The maximum Gasteiger partial charge on any atom is 0.347 e. The SMILES string of the molecule is C=C1C[C@@H](OC(=O)[C@@H](C)Oc2ccccc2-c2ccccc2)[C@@H]2CCCC[C@H]12. The minimum Gasteiger partial charge on any atom is -0.478 e. The van der Waals surface area contributed by atoms with Gasteiger partial charge in [0.2, 0.25) is 0 Å². The molecule has 4 atom stereocenters. The highest BCUT2D eigenvalue weighted by molar-refractivity contribution is 5.76. The number of esters is 1. The van der Waals surface area contributed by atoms with Crippen molar-refractivity contribution in [3.8, 4) is 16.9 Å². The van der Waals surface area contributed by atoms with E-state index >= 15 is 0 Å². The van der Waals surface area contributed by atoms with Gasteiger partial charge in [0.25, 0.3) is 0 Å². The second-order valence-electron chi connectivity index (χ2n) is 8.01. The Balaban J connectivity index is 1.44. The van der Waals surface area contributed by atoms with Crippen LogP contribution in [0.1, 0.15) is 39.0 Å². The number of hydrogen-bond acceptors (Lipinski definition) is 3. The molecule has 0 N–H and O–H groups in total. The van der Waals surface area contributed by atoms with Crippen LogP contribution in [0, 0.1) is 11.8 Å². The number of benzene rings is 2. The normalized spacial score (nSPS) is 25.0. The number of carbonyl (C=O) groups excluding carboxylic acids is 1. The van der Waals surface area contributed by atoms with Gasteiger partial charge >= 0.3 is 5.97 Å². The molecule has 0 amide bonds. The van der Waals surface area contributed by atoms with Crippen LogP contribution < -0.4 is 4.74 Å². The number of para-hydroxylation sites is 1. The van der Waals surface area contributed by atoms with Gasteiger partial charge in [-0.25, -0.2) is 4.79 Å². The molecule has 3 nitrogen and oxygen atoms in total. The summed E-state index contributed by atoms with van der Waals surface area (Å²) in [6.07, 6.45) is 4.91. The van der Waals surface area contributed by atoms with Crippen molar-refractivity contribution in [3.05, 3.63) is 66.7 Å². The Labute approximate surface area is 167 Å². The fourth-order valence-corrected chi connectivity index (χ4v) is 4.71. The molecule has 0 heterocycles. The predicted octanol–water partition coefficient (Wildman–Crippen LogP) is 5.80. The highest BCUT2D eigenvalue weighted by Crippen LogP contribution is 2.46. The topological polar surface area (TPSA) is 35.5 Å². The van der Waals surface area contributed by atoms with Crippen molar-refractivity contribution in [2.75, 3.05) is 0 Å². The highest BCUT2D eigenvalue weighted by atomic mass is 16.6. The Morgan fingerprint density at radius 1 is 1.04 bits per heavy atom. The minimum absolute atomic E-state index is 0.0410. The van der Waals surface area contributed by atoms with Gasteiger partial charge in [0.15, 0.2) is 6.10 Å². The molecular weight excluding hydrogens is 348 g/mol. The molecule has 2 aliphatic carbocycles. The summed E-state index contributed by atoms with van der Waals surface area (Å²) in [4.78, 5) is 12.8. The van der Waals surface area contributed by atoms with Crippen molar-refractivity contribution in [2.24, 2.45) is 11.8 Å². The van der Waals surface area contributed by atoms with Crippen LogP contribution in [0.5, 0.6) is 5.75 Å². The molecule has 0 unspecified atom stereocenters. The molecule has 0 saturated heterocycles. The Kier molecular flexibility index (Phi) is 5.52. The third kappa shape index (κ3) is 3.84. The Morgan fingerprint density at radius 3 is 2.57 bits per heavy atom. The van der Waals surface area contributed by atoms with E-state index in [1.165, 1.54) is 24.8 Å². The molecule has 2 saturated carbocycles. The lowest BCUT2D eigenvalue weighted by atomic mass is 9.80. The average molecular weight is 376 g/mol. The summed E-state index contributed by atoms with van der Waals surface area (Å²) < 4.78 is 11.9. The third-order valence-electron chi connectivity index (χ3n) is 6.16. The molecule has 2 aromatic carbocycles. The van der Waals surface area contributed by atoms with E-state index in [1.807, 2.05) is 54.6 Å². The first-order chi connectivity index (χ1) is 13.6. The zero-order chi connectivity index (χ0) is 19.5. The summed E-state index contributed by atoms with van der Waals surface area (Å²) in [7, 11) is 0. The molecule has 2 fully saturated rings. The molecule has 0 radical (unpaired) electrons. The van der Waals surface area contributed by atoms with Crippen molar-refractivity contribution in [1.82, 2.24) is 0 Å². The summed E-state index contributed by atoms with van der Waals surface area (Å²) in [6.45, 7) is 6.00. The number of rotatable bonds is 5. The zero-order valence-electron chi connectivity index (χ0n) is 16.5. The smallest absolute Gasteiger partial charge is 0.347 e. The molecule has 0 aliphatic heterocycles. The number of ether oxygens (including phenoxy) is 2. The van der Waals surface area contributed by atoms with Crippen LogP contribution in [0.4, 0.5) is 0 Å². The average Bonchev–Trinajstić information content (AvgIpc) is 3.05. The molecule has 0 spiro atoms. The number of fused-ring (bicyclic) bond motifs is 1. The van der Waals surface area contributed by atoms with E-state index < -0.39 is 6.10 Å². The molecule has 4 rings (SSSR count). The third-order valence-corrected chi connectivity index (χ3v) is 6.16. The van der Waals surface area contributed by atoms with E-state index in [4.69, 9.17) is 9.47 Å². The second-order valence-corrected chi connectivity index (χ2v) is 8.01. The van der Waals surface area contributed by atoms with Gasteiger partial charge in [-0.1, -0.05) is 73.5 Å². The monoisotopic (exact) mass is 376 g/mol. The Bertz CT molecular complexity index is 842. The molecule has 2 aromatic rings. The lowest BCUT2D eigenvalue weighted by Crippen LogP contribution is -2.33. The van der Waals surface area contributed by atoms with Gasteiger partial charge in [0.1, 0.15) is 11.9 Å². The van der Waals surface area contributed by atoms with E-state index in [0.717, 1.165) is 24.0 Å². The summed E-state index contributed by atoms with van der Waals surface area (Å²) >= 11 is 0. The highest BCUT2D eigenvalue weighted by Gasteiger charge is 2.42. The molecule has 3 heteroatoms. The Hall–Kier alpha value is -2.55. The summed E-state index contributed by atoms with van der Waals surface area (Å²) in [5.74, 6) is 1.38. The quantitative estimate of drug-likeness (QED) is 0.489. The maximum atomic E-state index is 12.8. The number of hydrogen-bond donors (Lipinski definition) is 0. The van der Waals surface area contributed by atoms with E-state index in [1.54, 1.807) is 6.92 Å². The minimum atomic E-state index is -0.652. The van der Waals surface area contributed by atoms with Crippen molar-refractivity contribution < 1.29 is 14.3 Å². The molecular formula is C25H28O3. The van der Waals surface area contributed by atoms with E-state index in [0.29, 0.717) is 17.6 Å². The van der Waals surface area contributed by atoms with Gasteiger partial charge in [-0.2, -0.15) is 0 Å². The van der Waals surface area contributed by atoms with Gasteiger partial charge in [0, 0.05) is 17.9 Å². The largest absolute Gasteiger partial charge is 0.478 e. The first-order valence-electron chi connectivity index (χ1n) is 10.3. The summed E-state index contributed by atoms with van der Waals surface area (Å²) in [5, 5.41) is 0. The first-order valence-corrected chi connectivity index (χ1v) is 10.3. The van der Waals surface area contributed by atoms with Gasteiger partial charge in [0.05, 0.1) is 0 Å². The fourth-order valence-electron chi connectivity index (χ4n) is 4.71. The van der Waals surface area contributed by atoms with Crippen LogP contribution in [-0.4, -0.2) is 18.2 Å². The fraction of sp³-hybridized carbons (Fsp3) is 0.400. The summed E-state index contributed by atoms with van der Waals surface area (Å²) in [5.41, 5.74) is 3.30. The lowest BCUT2D eigenvalue weighted by Gasteiger charge is -2.29. The standard InChI is InChI=1S/C25H28O3/c1-17-16-24(22-14-7-6-12-20(17)22)28-25(26)18(2)27-23-15-9-8-13-21(23)19-10-4-3-5-11-19/h3-5,8-11,13,15,18,20,22,24H,1,6-7,12,14,16H2,2H3/t18-,20-,22-,24-/m1/s1. The van der Waals surface area contributed by atoms with Crippen LogP contribution in [0.25, 0.3) is 11.1 Å². The van der Waals surface area contributed by atoms with Gasteiger partial charge in [-0.3, -0.25) is 0 Å².